The Hall–Kier alpha value is -1.77. The first-order chi connectivity index (χ1) is 9.06. The van der Waals surface area contributed by atoms with Crippen LogP contribution in [0.2, 0.25) is 0 Å². The zero-order valence-corrected chi connectivity index (χ0v) is 11.8. The van der Waals surface area contributed by atoms with Gasteiger partial charge in [0, 0.05) is 47.6 Å². The number of benzene rings is 1. The quantitative estimate of drug-likeness (QED) is 0.836. The van der Waals surface area contributed by atoms with Gasteiger partial charge in [-0.3, -0.25) is 4.79 Å². The number of aryl methyl sites for hydroxylation is 1. The molecule has 1 aromatic carbocycles. The molecule has 0 aliphatic carbocycles. The minimum atomic E-state index is 0.0773. The van der Waals surface area contributed by atoms with Gasteiger partial charge >= 0.3 is 0 Å². The Morgan fingerprint density at radius 3 is 2.89 bits per heavy atom. The van der Waals surface area contributed by atoms with Crippen LogP contribution in [0.3, 0.4) is 0 Å². The number of H-pyrrole nitrogens is 1. The van der Waals surface area contributed by atoms with Crippen LogP contribution in [-0.4, -0.2) is 22.3 Å². The monoisotopic (exact) mass is 256 g/mol. The summed E-state index contributed by atoms with van der Waals surface area (Å²) < 4.78 is 0. The molecule has 0 spiro atoms. The van der Waals surface area contributed by atoms with E-state index in [0.29, 0.717) is 0 Å². The third-order valence-electron chi connectivity index (χ3n) is 3.94. The Kier molecular flexibility index (Phi) is 2.85. The van der Waals surface area contributed by atoms with Crippen molar-refractivity contribution in [2.75, 3.05) is 6.54 Å². The number of carbonyl (C=O) groups is 1. The molecule has 3 heteroatoms. The fraction of sp³-hybridized carbons (Fsp3) is 0.438. The number of hydrogen-bond donors (Lipinski definition) is 1. The Morgan fingerprint density at radius 1 is 1.37 bits per heavy atom. The predicted molar refractivity (Wildman–Crippen MR) is 77.0 cm³/mol. The number of nitrogens with zero attached hydrogens (tertiary/aromatic N) is 1. The smallest absolute Gasteiger partial charge is 0.225 e. The van der Waals surface area contributed by atoms with Crippen LogP contribution in [0.5, 0.6) is 0 Å². The molecule has 0 unspecified atom stereocenters. The molecular weight excluding hydrogens is 236 g/mol. The van der Waals surface area contributed by atoms with Gasteiger partial charge in [-0.15, -0.1) is 0 Å². The van der Waals surface area contributed by atoms with Crippen LogP contribution in [0, 0.1) is 12.8 Å². The molecule has 3 nitrogen and oxygen atoms in total. The summed E-state index contributed by atoms with van der Waals surface area (Å²) in [5.41, 5.74) is 5.06. The minimum absolute atomic E-state index is 0.0773. The second-order valence-electron chi connectivity index (χ2n) is 5.80. The lowest BCUT2D eigenvalue weighted by Gasteiger charge is -2.28. The van der Waals surface area contributed by atoms with E-state index in [9.17, 15) is 4.79 Å². The van der Waals surface area contributed by atoms with Crippen molar-refractivity contribution in [3.05, 3.63) is 35.0 Å². The lowest BCUT2D eigenvalue weighted by molar-refractivity contribution is -0.135. The number of rotatable bonds is 1. The number of fused-ring (bicyclic) bond motifs is 3. The van der Waals surface area contributed by atoms with E-state index in [1.54, 1.807) is 0 Å². The van der Waals surface area contributed by atoms with Gasteiger partial charge < -0.3 is 9.88 Å². The normalized spacial score (nSPS) is 15.1. The predicted octanol–water partition coefficient (Wildman–Crippen LogP) is 3.02. The molecule has 0 saturated carbocycles. The van der Waals surface area contributed by atoms with Crippen LogP contribution < -0.4 is 0 Å². The fourth-order valence-corrected chi connectivity index (χ4v) is 2.88. The van der Waals surface area contributed by atoms with Crippen molar-refractivity contribution in [2.45, 2.75) is 33.7 Å². The summed E-state index contributed by atoms with van der Waals surface area (Å²) in [5, 5.41) is 1.27. The van der Waals surface area contributed by atoms with Gasteiger partial charge in [-0.1, -0.05) is 25.5 Å². The third kappa shape index (κ3) is 2.03. The van der Waals surface area contributed by atoms with E-state index in [0.717, 1.165) is 19.5 Å². The van der Waals surface area contributed by atoms with Crippen LogP contribution in [0.1, 0.15) is 30.7 Å². The van der Waals surface area contributed by atoms with Gasteiger partial charge in [0.15, 0.2) is 0 Å². The fourth-order valence-electron chi connectivity index (χ4n) is 2.88. The maximum absolute atomic E-state index is 12.1. The van der Waals surface area contributed by atoms with E-state index in [2.05, 4.69) is 30.1 Å². The third-order valence-corrected chi connectivity index (χ3v) is 3.94. The maximum atomic E-state index is 12.1. The topological polar surface area (TPSA) is 36.1 Å². The Bertz CT molecular complexity index is 639. The molecule has 0 radical (unpaired) electrons. The Morgan fingerprint density at radius 2 is 2.16 bits per heavy atom. The first-order valence-corrected chi connectivity index (χ1v) is 6.95. The lowest BCUT2D eigenvalue weighted by Crippen LogP contribution is -2.38. The second kappa shape index (κ2) is 4.41. The minimum Gasteiger partial charge on any atom is -0.358 e. The number of aromatic nitrogens is 1. The van der Waals surface area contributed by atoms with Crippen LogP contribution in [0.25, 0.3) is 10.9 Å². The molecule has 0 atom stereocenters. The van der Waals surface area contributed by atoms with Crippen LogP contribution in [0.4, 0.5) is 0 Å². The summed E-state index contributed by atoms with van der Waals surface area (Å²) in [4.78, 5) is 17.6. The molecule has 0 saturated heterocycles. The van der Waals surface area contributed by atoms with Crippen LogP contribution >= 0.6 is 0 Å². The van der Waals surface area contributed by atoms with E-state index >= 15 is 0 Å². The lowest BCUT2D eigenvalue weighted by atomic mass is 10.0. The molecular formula is C16H20N2O. The maximum Gasteiger partial charge on any atom is 0.225 e. The molecule has 1 amide bonds. The molecule has 2 heterocycles. The summed E-state index contributed by atoms with van der Waals surface area (Å²) in [7, 11) is 0. The van der Waals surface area contributed by atoms with E-state index in [1.807, 2.05) is 18.7 Å². The summed E-state index contributed by atoms with van der Waals surface area (Å²) >= 11 is 0. The van der Waals surface area contributed by atoms with E-state index in [1.165, 1.54) is 27.7 Å². The highest BCUT2D eigenvalue weighted by Gasteiger charge is 2.25. The van der Waals surface area contributed by atoms with Gasteiger partial charge in [0.25, 0.3) is 0 Å². The van der Waals surface area contributed by atoms with Gasteiger partial charge in [-0.25, -0.2) is 0 Å². The molecule has 1 aromatic heterocycles. The summed E-state index contributed by atoms with van der Waals surface area (Å²) in [6.07, 6.45) is 0.932. The van der Waals surface area contributed by atoms with Crippen molar-refractivity contribution >= 4 is 16.8 Å². The molecule has 0 bridgehead atoms. The van der Waals surface area contributed by atoms with E-state index in [4.69, 9.17) is 0 Å². The first-order valence-electron chi connectivity index (χ1n) is 6.95. The van der Waals surface area contributed by atoms with Crippen LogP contribution in [0.15, 0.2) is 18.2 Å². The summed E-state index contributed by atoms with van der Waals surface area (Å²) in [5.74, 6) is 0.334. The largest absolute Gasteiger partial charge is 0.358 e. The molecule has 2 aromatic rings. The van der Waals surface area contributed by atoms with Crippen molar-refractivity contribution < 1.29 is 4.79 Å². The number of hydrogen-bond acceptors (Lipinski definition) is 1. The molecule has 1 aliphatic heterocycles. The van der Waals surface area contributed by atoms with Crippen LogP contribution in [-0.2, 0) is 17.8 Å². The zero-order valence-electron chi connectivity index (χ0n) is 11.8. The number of nitrogens with one attached hydrogen (secondary N) is 1. The van der Waals surface area contributed by atoms with Crippen molar-refractivity contribution in [1.29, 1.82) is 0 Å². The highest BCUT2D eigenvalue weighted by molar-refractivity contribution is 5.86. The zero-order chi connectivity index (χ0) is 13.6. The average molecular weight is 256 g/mol. The van der Waals surface area contributed by atoms with Crippen molar-refractivity contribution in [3.8, 4) is 0 Å². The first kappa shape index (κ1) is 12.3. The molecule has 100 valence electrons. The molecule has 1 N–H and O–H groups in total. The Labute approximate surface area is 113 Å². The Balaban J connectivity index is 2.01. The second-order valence-corrected chi connectivity index (χ2v) is 5.80. The van der Waals surface area contributed by atoms with Gasteiger partial charge in [-0.05, 0) is 19.1 Å². The number of aromatic amines is 1. The standard InChI is InChI=1S/C16H20N2O/c1-10(2)16(19)18-7-6-15-13(9-18)12-8-11(3)4-5-14(12)17-15/h4-5,8,10,17H,6-7,9H2,1-3H3. The van der Waals surface area contributed by atoms with Gasteiger partial charge in [0.1, 0.15) is 0 Å². The van der Waals surface area contributed by atoms with Gasteiger partial charge in [0.2, 0.25) is 5.91 Å². The molecule has 1 aliphatic rings. The van der Waals surface area contributed by atoms with Crippen molar-refractivity contribution in [2.24, 2.45) is 5.92 Å². The van der Waals surface area contributed by atoms with Gasteiger partial charge in [0.05, 0.1) is 0 Å². The van der Waals surface area contributed by atoms with Crippen molar-refractivity contribution in [1.82, 2.24) is 9.88 Å². The summed E-state index contributed by atoms with van der Waals surface area (Å²) in [6.45, 7) is 7.62. The highest BCUT2D eigenvalue weighted by Crippen LogP contribution is 2.28. The number of carbonyl (C=O) groups excluding carboxylic acids is 1. The number of amides is 1. The van der Waals surface area contributed by atoms with E-state index < -0.39 is 0 Å². The average Bonchev–Trinajstić information content (AvgIpc) is 2.75. The van der Waals surface area contributed by atoms with Crippen molar-refractivity contribution in [3.63, 3.8) is 0 Å². The SMILES string of the molecule is Cc1ccc2[nH]c3c(c2c1)CN(C(=O)C(C)C)CC3. The molecule has 19 heavy (non-hydrogen) atoms. The van der Waals surface area contributed by atoms with Gasteiger partial charge in [-0.2, -0.15) is 0 Å². The molecule has 0 fully saturated rings. The molecule has 3 rings (SSSR count). The highest BCUT2D eigenvalue weighted by atomic mass is 16.2. The summed E-state index contributed by atoms with van der Waals surface area (Å²) in [6, 6.07) is 6.48. The van der Waals surface area contributed by atoms with E-state index in [-0.39, 0.29) is 11.8 Å².